The Bertz CT molecular complexity index is 558. The summed E-state index contributed by atoms with van der Waals surface area (Å²) in [4.78, 5) is 25.7. The van der Waals surface area contributed by atoms with Crippen LogP contribution in [0.15, 0.2) is 18.2 Å². The van der Waals surface area contributed by atoms with E-state index in [1.54, 1.807) is 0 Å². The van der Waals surface area contributed by atoms with Crippen molar-refractivity contribution in [2.75, 3.05) is 16.8 Å². The van der Waals surface area contributed by atoms with E-state index in [-0.39, 0.29) is 17.2 Å². The lowest BCUT2D eigenvalue weighted by Gasteiger charge is -2.20. The molecule has 0 saturated carbocycles. The lowest BCUT2D eigenvalue weighted by molar-refractivity contribution is -0.118. The topological polar surface area (TPSA) is 49.4 Å². The van der Waals surface area contributed by atoms with Crippen LogP contribution in [-0.2, 0) is 9.59 Å². The molecule has 0 radical (unpaired) electrons. The largest absolute Gasteiger partial charge is 0.326 e. The molecule has 114 valence electrons. The second-order valence-corrected chi connectivity index (χ2v) is 6.94. The molecule has 0 spiro atoms. The van der Waals surface area contributed by atoms with Gasteiger partial charge in [-0.25, -0.2) is 0 Å². The Hall–Kier alpha value is -1.84. The van der Waals surface area contributed by atoms with Gasteiger partial charge in [-0.05, 0) is 36.5 Å². The molecular formula is C17H24N2O2. The van der Waals surface area contributed by atoms with Crippen molar-refractivity contribution in [3.8, 4) is 0 Å². The second kappa shape index (κ2) is 5.88. The van der Waals surface area contributed by atoms with Crippen LogP contribution in [0, 0.1) is 12.3 Å². The molecule has 1 aromatic carbocycles. The van der Waals surface area contributed by atoms with Crippen LogP contribution in [0.25, 0.3) is 0 Å². The molecule has 1 aromatic rings. The lowest BCUT2D eigenvalue weighted by Crippen LogP contribution is -2.25. The Morgan fingerprint density at radius 2 is 2.05 bits per heavy atom. The number of hydrogen-bond donors (Lipinski definition) is 1. The summed E-state index contributed by atoms with van der Waals surface area (Å²) in [7, 11) is 0. The van der Waals surface area contributed by atoms with Crippen molar-refractivity contribution in [2.45, 2.75) is 47.0 Å². The average Bonchev–Trinajstić information content (AvgIpc) is 2.75. The normalized spacial score (nSPS) is 15.4. The van der Waals surface area contributed by atoms with Gasteiger partial charge in [0.05, 0.1) is 0 Å². The molecule has 1 heterocycles. The molecule has 21 heavy (non-hydrogen) atoms. The van der Waals surface area contributed by atoms with Crippen LogP contribution < -0.4 is 10.2 Å². The van der Waals surface area contributed by atoms with E-state index in [0.29, 0.717) is 12.8 Å². The monoisotopic (exact) mass is 288 g/mol. The van der Waals surface area contributed by atoms with Crippen molar-refractivity contribution in [2.24, 2.45) is 5.41 Å². The van der Waals surface area contributed by atoms with Gasteiger partial charge in [0.15, 0.2) is 0 Å². The van der Waals surface area contributed by atoms with E-state index in [0.717, 1.165) is 29.9 Å². The fourth-order valence-corrected chi connectivity index (χ4v) is 2.57. The molecule has 2 rings (SSSR count). The molecule has 1 aliphatic rings. The number of aryl methyl sites for hydroxylation is 1. The Morgan fingerprint density at radius 3 is 2.62 bits per heavy atom. The van der Waals surface area contributed by atoms with Crippen LogP contribution in [0.4, 0.5) is 11.4 Å². The summed E-state index contributed by atoms with van der Waals surface area (Å²) in [5.74, 6) is 0.168. The molecule has 1 aliphatic heterocycles. The van der Waals surface area contributed by atoms with Gasteiger partial charge in [-0.1, -0.05) is 26.8 Å². The number of carbonyl (C=O) groups is 2. The maximum atomic E-state index is 12.0. The first-order chi connectivity index (χ1) is 9.76. The van der Waals surface area contributed by atoms with Crippen LogP contribution in [0.1, 0.15) is 45.6 Å². The number of hydrogen-bond acceptors (Lipinski definition) is 2. The van der Waals surface area contributed by atoms with Crippen LogP contribution in [0.3, 0.4) is 0 Å². The van der Waals surface area contributed by atoms with Crippen molar-refractivity contribution < 1.29 is 9.59 Å². The molecule has 2 amide bonds. The van der Waals surface area contributed by atoms with Crippen molar-refractivity contribution >= 4 is 23.2 Å². The highest BCUT2D eigenvalue weighted by atomic mass is 16.2. The first-order valence-corrected chi connectivity index (χ1v) is 7.47. The van der Waals surface area contributed by atoms with Crippen LogP contribution in [0.2, 0.25) is 0 Å². The summed E-state index contributed by atoms with van der Waals surface area (Å²) >= 11 is 0. The third-order valence-electron chi connectivity index (χ3n) is 3.55. The standard InChI is InChI=1S/C17H24N2O2/c1-12-7-8-13(18-15(20)11-17(2,3)4)10-14(12)19-9-5-6-16(19)21/h7-8,10H,5-6,9,11H2,1-4H3,(H,18,20). The number of benzene rings is 1. The summed E-state index contributed by atoms with van der Waals surface area (Å²) in [5, 5.41) is 2.93. The lowest BCUT2D eigenvalue weighted by atomic mass is 9.92. The number of nitrogens with one attached hydrogen (secondary N) is 1. The van der Waals surface area contributed by atoms with Gasteiger partial charge in [0, 0.05) is 30.8 Å². The Morgan fingerprint density at radius 1 is 1.33 bits per heavy atom. The molecule has 1 fully saturated rings. The first kappa shape index (κ1) is 15.5. The van der Waals surface area contributed by atoms with Gasteiger partial charge in [0.2, 0.25) is 11.8 Å². The second-order valence-electron chi connectivity index (χ2n) is 6.94. The van der Waals surface area contributed by atoms with Crippen LogP contribution in [0.5, 0.6) is 0 Å². The van der Waals surface area contributed by atoms with Gasteiger partial charge >= 0.3 is 0 Å². The highest BCUT2D eigenvalue weighted by molar-refractivity contribution is 5.97. The summed E-state index contributed by atoms with van der Waals surface area (Å²) in [6.07, 6.45) is 1.98. The molecule has 0 aliphatic carbocycles. The van der Waals surface area contributed by atoms with Crippen molar-refractivity contribution in [3.63, 3.8) is 0 Å². The van der Waals surface area contributed by atoms with Gasteiger partial charge < -0.3 is 10.2 Å². The van der Waals surface area contributed by atoms with Crippen molar-refractivity contribution in [3.05, 3.63) is 23.8 Å². The van der Waals surface area contributed by atoms with Crippen molar-refractivity contribution in [1.29, 1.82) is 0 Å². The zero-order chi connectivity index (χ0) is 15.6. The number of carbonyl (C=O) groups excluding carboxylic acids is 2. The predicted octanol–water partition coefficient (Wildman–Crippen LogP) is 3.50. The molecule has 1 N–H and O–H groups in total. The van der Waals surface area contributed by atoms with E-state index in [9.17, 15) is 9.59 Å². The van der Waals surface area contributed by atoms with Crippen LogP contribution in [-0.4, -0.2) is 18.4 Å². The summed E-state index contributed by atoms with van der Waals surface area (Å²) in [5.41, 5.74) is 2.68. The molecule has 0 unspecified atom stereocenters. The van der Waals surface area contributed by atoms with E-state index < -0.39 is 0 Å². The predicted molar refractivity (Wildman–Crippen MR) is 85.5 cm³/mol. The van der Waals surface area contributed by atoms with Gasteiger partial charge in [-0.2, -0.15) is 0 Å². The third kappa shape index (κ3) is 4.06. The molecule has 4 nitrogen and oxygen atoms in total. The van der Waals surface area contributed by atoms with E-state index in [1.165, 1.54) is 0 Å². The summed E-state index contributed by atoms with van der Waals surface area (Å²) in [6.45, 7) is 8.86. The van der Waals surface area contributed by atoms with E-state index in [4.69, 9.17) is 0 Å². The number of amides is 2. The van der Waals surface area contributed by atoms with E-state index in [1.807, 2.05) is 50.8 Å². The Balaban J connectivity index is 2.15. The minimum absolute atomic E-state index is 0.00468. The maximum Gasteiger partial charge on any atom is 0.227 e. The quantitative estimate of drug-likeness (QED) is 0.925. The van der Waals surface area contributed by atoms with Crippen molar-refractivity contribution in [1.82, 2.24) is 0 Å². The SMILES string of the molecule is Cc1ccc(NC(=O)CC(C)(C)C)cc1N1CCCC1=O. The first-order valence-electron chi connectivity index (χ1n) is 7.47. The molecule has 0 bridgehead atoms. The summed E-state index contributed by atoms with van der Waals surface area (Å²) in [6, 6.07) is 5.74. The van der Waals surface area contributed by atoms with Gasteiger partial charge in [-0.3, -0.25) is 9.59 Å². The Labute approximate surface area is 126 Å². The highest BCUT2D eigenvalue weighted by Gasteiger charge is 2.23. The average molecular weight is 288 g/mol. The fraction of sp³-hybridized carbons (Fsp3) is 0.529. The molecular weight excluding hydrogens is 264 g/mol. The summed E-state index contributed by atoms with van der Waals surface area (Å²) < 4.78 is 0. The number of nitrogens with zero attached hydrogens (tertiary/aromatic N) is 1. The fourth-order valence-electron chi connectivity index (χ4n) is 2.57. The molecule has 0 atom stereocenters. The zero-order valence-corrected chi connectivity index (χ0v) is 13.3. The van der Waals surface area contributed by atoms with Gasteiger partial charge in [0.1, 0.15) is 0 Å². The van der Waals surface area contributed by atoms with Gasteiger partial charge in [0.25, 0.3) is 0 Å². The van der Waals surface area contributed by atoms with Crippen LogP contribution >= 0.6 is 0 Å². The maximum absolute atomic E-state index is 12.0. The molecule has 1 saturated heterocycles. The van der Waals surface area contributed by atoms with Gasteiger partial charge in [-0.15, -0.1) is 0 Å². The minimum atomic E-state index is -0.0392. The third-order valence-corrected chi connectivity index (χ3v) is 3.55. The zero-order valence-electron chi connectivity index (χ0n) is 13.3. The van der Waals surface area contributed by atoms with E-state index in [2.05, 4.69) is 5.32 Å². The van der Waals surface area contributed by atoms with E-state index >= 15 is 0 Å². The smallest absolute Gasteiger partial charge is 0.227 e. The Kier molecular flexibility index (Phi) is 4.35. The molecule has 0 aromatic heterocycles. The number of anilines is 2. The minimum Gasteiger partial charge on any atom is -0.326 e. The number of rotatable bonds is 3. The molecule has 4 heteroatoms. The highest BCUT2D eigenvalue weighted by Crippen LogP contribution is 2.28.